The van der Waals surface area contributed by atoms with Gasteiger partial charge in [0, 0.05) is 25.7 Å². The second-order valence-electron chi connectivity index (χ2n) is 29.5. The quantitative estimate of drug-likeness (QED) is 0.0222. The van der Waals surface area contributed by atoms with Gasteiger partial charge in [0.15, 0.2) is 12.2 Å². The number of carbonyl (C=O) groups excluding carboxylic acids is 4. The lowest BCUT2D eigenvalue weighted by Crippen LogP contribution is -2.30. The van der Waals surface area contributed by atoms with Crippen LogP contribution >= 0.6 is 15.6 Å². The minimum Gasteiger partial charge on any atom is -0.462 e. The van der Waals surface area contributed by atoms with Crippen LogP contribution in [-0.4, -0.2) is 96.7 Å². The molecule has 0 bridgehead atoms. The molecule has 0 aliphatic carbocycles. The Bertz CT molecular complexity index is 1910. The fourth-order valence-electron chi connectivity index (χ4n) is 12.3. The van der Waals surface area contributed by atoms with Gasteiger partial charge in [-0.3, -0.25) is 37.3 Å². The molecule has 588 valence electrons. The monoisotopic (exact) mass is 1450 g/mol. The summed E-state index contributed by atoms with van der Waals surface area (Å²) < 4.78 is 68.7. The highest BCUT2D eigenvalue weighted by atomic mass is 31.2. The third kappa shape index (κ3) is 72.8. The average Bonchev–Trinajstić information content (AvgIpc) is 1.13. The highest BCUT2D eigenvalue weighted by molar-refractivity contribution is 7.47. The molecule has 0 aromatic heterocycles. The summed E-state index contributed by atoms with van der Waals surface area (Å²) in [5.74, 6) is -0.530. The van der Waals surface area contributed by atoms with Crippen LogP contribution in [0.3, 0.4) is 0 Å². The van der Waals surface area contributed by atoms with E-state index < -0.39 is 97.5 Å². The molecule has 0 saturated carbocycles. The summed E-state index contributed by atoms with van der Waals surface area (Å²) in [7, 11) is -9.92. The molecule has 0 aliphatic heterocycles. The standard InChI is InChI=1S/C80H156O17P2/c1-7-10-12-14-16-18-20-22-23-27-30-34-38-45-51-57-63-78(83)90-68-75(96-79(84)64-58-52-46-39-35-31-28-25-24-26-29-32-36-42-48-54-60-72(4)5)70-94-98(86,87)92-66-74(81)67-93-99(88,89)95-71-76(97-80(85)65-59-53-47-41-40-43-49-55-61-73(6)9-3)69-91-77(82)62-56-50-44-37-33-21-19-17-15-13-11-8-2/h72-76,81H,7-71H2,1-6H3,(H,86,87)(H,88,89)/t73?,74-,75-,76-/m1/s1. The summed E-state index contributed by atoms with van der Waals surface area (Å²) in [5, 5.41) is 10.6. The van der Waals surface area contributed by atoms with E-state index in [2.05, 4.69) is 41.5 Å². The number of hydrogen-bond acceptors (Lipinski definition) is 15. The van der Waals surface area contributed by atoms with E-state index >= 15 is 0 Å². The van der Waals surface area contributed by atoms with Gasteiger partial charge in [-0.2, -0.15) is 0 Å². The van der Waals surface area contributed by atoms with Crippen molar-refractivity contribution >= 4 is 39.5 Å². The van der Waals surface area contributed by atoms with E-state index in [0.29, 0.717) is 25.7 Å². The van der Waals surface area contributed by atoms with Gasteiger partial charge in [-0.15, -0.1) is 0 Å². The van der Waals surface area contributed by atoms with Gasteiger partial charge in [0.2, 0.25) is 0 Å². The molecular weight excluding hydrogens is 1290 g/mol. The first-order valence-electron chi connectivity index (χ1n) is 41.5. The zero-order valence-corrected chi connectivity index (χ0v) is 66.6. The number of hydrogen-bond donors (Lipinski definition) is 3. The fourth-order valence-corrected chi connectivity index (χ4v) is 13.9. The van der Waals surface area contributed by atoms with Crippen LogP contribution in [0.1, 0.15) is 420 Å². The summed E-state index contributed by atoms with van der Waals surface area (Å²) in [5.41, 5.74) is 0. The first-order chi connectivity index (χ1) is 47.9. The van der Waals surface area contributed by atoms with Gasteiger partial charge < -0.3 is 33.8 Å². The summed E-state index contributed by atoms with van der Waals surface area (Å²) in [6.45, 7) is 9.66. The van der Waals surface area contributed by atoms with Crippen molar-refractivity contribution < 1.29 is 80.2 Å². The molecule has 0 amide bonds. The van der Waals surface area contributed by atoms with Gasteiger partial charge in [-0.1, -0.05) is 369 Å². The second kappa shape index (κ2) is 71.7. The van der Waals surface area contributed by atoms with E-state index in [1.54, 1.807) is 0 Å². The van der Waals surface area contributed by atoms with Crippen LogP contribution in [0.2, 0.25) is 0 Å². The lowest BCUT2D eigenvalue weighted by Gasteiger charge is -2.21. The average molecular weight is 1450 g/mol. The van der Waals surface area contributed by atoms with Gasteiger partial charge in [-0.25, -0.2) is 9.13 Å². The van der Waals surface area contributed by atoms with Crippen molar-refractivity contribution in [2.45, 2.75) is 439 Å². The number of ether oxygens (including phenoxy) is 4. The Hall–Kier alpha value is -1.94. The second-order valence-corrected chi connectivity index (χ2v) is 32.4. The third-order valence-electron chi connectivity index (χ3n) is 19.1. The maximum Gasteiger partial charge on any atom is 0.472 e. The molecule has 0 saturated heterocycles. The van der Waals surface area contributed by atoms with Crippen LogP contribution in [0, 0.1) is 11.8 Å². The molecule has 0 aliphatic rings. The number of aliphatic hydroxyl groups is 1. The summed E-state index contributed by atoms with van der Waals surface area (Å²) in [6, 6.07) is 0. The van der Waals surface area contributed by atoms with Crippen LogP contribution in [0.5, 0.6) is 0 Å². The van der Waals surface area contributed by atoms with E-state index in [-0.39, 0.29) is 25.7 Å². The van der Waals surface area contributed by atoms with Crippen LogP contribution in [0.25, 0.3) is 0 Å². The minimum absolute atomic E-state index is 0.106. The Labute approximate surface area is 607 Å². The summed E-state index contributed by atoms with van der Waals surface area (Å²) >= 11 is 0. The number of rotatable bonds is 79. The highest BCUT2D eigenvalue weighted by Crippen LogP contribution is 2.45. The van der Waals surface area contributed by atoms with Crippen LogP contribution in [0.4, 0.5) is 0 Å². The van der Waals surface area contributed by atoms with Crippen LogP contribution < -0.4 is 0 Å². The van der Waals surface area contributed by atoms with Crippen molar-refractivity contribution in [2.75, 3.05) is 39.6 Å². The number of carbonyl (C=O) groups is 4. The Morgan fingerprint density at radius 3 is 0.768 bits per heavy atom. The lowest BCUT2D eigenvalue weighted by molar-refractivity contribution is -0.161. The molecule has 0 aromatic rings. The van der Waals surface area contributed by atoms with Crippen molar-refractivity contribution in [3.8, 4) is 0 Å². The molecule has 99 heavy (non-hydrogen) atoms. The predicted molar refractivity (Wildman–Crippen MR) is 405 cm³/mol. The van der Waals surface area contributed by atoms with Gasteiger partial charge in [-0.05, 0) is 37.5 Å². The maximum atomic E-state index is 13.1. The molecule has 0 heterocycles. The molecule has 19 heteroatoms. The first kappa shape index (κ1) is 97.1. The molecule has 3 N–H and O–H groups in total. The molecule has 3 unspecified atom stereocenters. The van der Waals surface area contributed by atoms with Gasteiger partial charge in [0.25, 0.3) is 0 Å². The normalized spacial score (nSPS) is 14.2. The largest absolute Gasteiger partial charge is 0.472 e. The number of phosphoric ester groups is 2. The number of unbranched alkanes of at least 4 members (excludes halogenated alkanes) is 48. The topological polar surface area (TPSA) is 237 Å². The minimum atomic E-state index is -4.96. The number of esters is 4. The first-order valence-corrected chi connectivity index (χ1v) is 44.5. The molecule has 6 atom stereocenters. The van der Waals surface area contributed by atoms with Crippen LogP contribution in [-0.2, 0) is 65.4 Å². The zero-order chi connectivity index (χ0) is 72.8. The molecule has 0 rings (SSSR count). The third-order valence-corrected chi connectivity index (χ3v) is 21.0. The fraction of sp³-hybridized carbons (Fsp3) is 0.950. The van der Waals surface area contributed by atoms with Crippen molar-refractivity contribution in [3.63, 3.8) is 0 Å². The Morgan fingerprint density at radius 2 is 0.515 bits per heavy atom. The van der Waals surface area contributed by atoms with Crippen LogP contribution in [0.15, 0.2) is 0 Å². The van der Waals surface area contributed by atoms with E-state index in [0.717, 1.165) is 102 Å². The molecule has 0 radical (unpaired) electrons. The van der Waals surface area contributed by atoms with E-state index in [1.807, 2.05) is 0 Å². The maximum absolute atomic E-state index is 13.1. The van der Waals surface area contributed by atoms with E-state index in [9.17, 15) is 43.2 Å². The molecule has 0 fully saturated rings. The lowest BCUT2D eigenvalue weighted by atomic mass is 9.99. The van der Waals surface area contributed by atoms with Crippen molar-refractivity contribution in [3.05, 3.63) is 0 Å². The van der Waals surface area contributed by atoms with Crippen molar-refractivity contribution in [1.29, 1.82) is 0 Å². The highest BCUT2D eigenvalue weighted by Gasteiger charge is 2.30. The SMILES string of the molecule is CCCCCCCCCCCCCCCCCCC(=O)OC[C@H](COP(=O)(O)OC[C@@H](O)COP(=O)(O)OC[C@@H](COC(=O)CCCCCCCCCCCCCC)OC(=O)CCCCCCCCCCC(C)CC)OC(=O)CCCCCCCCCCCCCCCCCCC(C)C. The predicted octanol–water partition coefficient (Wildman–Crippen LogP) is 23.9. The molecule has 0 spiro atoms. The molecule has 0 aromatic carbocycles. The van der Waals surface area contributed by atoms with Gasteiger partial charge in [0.1, 0.15) is 19.3 Å². The Kier molecular flexibility index (Phi) is 70.3. The Morgan fingerprint density at radius 1 is 0.293 bits per heavy atom. The molecule has 17 nitrogen and oxygen atoms in total. The zero-order valence-electron chi connectivity index (χ0n) is 64.8. The van der Waals surface area contributed by atoms with E-state index in [4.69, 9.17) is 37.0 Å². The van der Waals surface area contributed by atoms with E-state index in [1.165, 1.54) is 238 Å². The number of aliphatic hydroxyl groups excluding tert-OH is 1. The molecular formula is C80H156O17P2. The van der Waals surface area contributed by atoms with Crippen molar-refractivity contribution in [1.82, 2.24) is 0 Å². The van der Waals surface area contributed by atoms with Gasteiger partial charge in [0.05, 0.1) is 26.4 Å². The van der Waals surface area contributed by atoms with Crippen molar-refractivity contribution in [2.24, 2.45) is 11.8 Å². The number of phosphoric acid groups is 2. The Balaban J connectivity index is 5.25. The summed E-state index contributed by atoms with van der Waals surface area (Å²) in [6.07, 6.45) is 60.9. The van der Waals surface area contributed by atoms with Gasteiger partial charge >= 0.3 is 39.5 Å². The summed E-state index contributed by atoms with van der Waals surface area (Å²) in [4.78, 5) is 73.0. The smallest absolute Gasteiger partial charge is 0.462 e.